The lowest BCUT2D eigenvalue weighted by Crippen LogP contribution is -2.22. The van der Waals surface area contributed by atoms with Crippen LogP contribution in [0.1, 0.15) is 43.7 Å². The fraction of sp³-hybridized carbons (Fsp3) is 0.429. The molecule has 1 aromatic carbocycles. The topological polar surface area (TPSA) is 81.8 Å². The number of anilines is 1. The van der Waals surface area contributed by atoms with Crippen molar-refractivity contribution in [3.8, 4) is 5.88 Å². The molecule has 2 unspecified atom stereocenters. The molecule has 6 nitrogen and oxygen atoms in total. The molecule has 1 aromatic heterocycles. The minimum absolute atomic E-state index is 0.0846. The number of aromatic nitrogens is 1. The summed E-state index contributed by atoms with van der Waals surface area (Å²) in [6.45, 7) is 6.25. The molecule has 0 aliphatic carbocycles. The summed E-state index contributed by atoms with van der Waals surface area (Å²) in [5.74, 6) is 1.55. The summed E-state index contributed by atoms with van der Waals surface area (Å²) in [6, 6.07) is 12.1. The molecule has 0 radical (unpaired) electrons. The van der Waals surface area contributed by atoms with Crippen LogP contribution in [0.5, 0.6) is 5.88 Å². The fourth-order valence-corrected chi connectivity index (χ4v) is 2.88. The second kappa shape index (κ2) is 9.37. The predicted octanol–water partition coefficient (Wildman–Crippen LogP) is 3.69. The van der Waals surface area contributed by atoms with Gasteiger partial charge in [-0.05, 0) is 41.7 Å². The lowest BCUT2D eigenvalue weighted by atomic mass is 9.99. The summed E-state index contributed by atoms with van der Waals surface area (Å²) < 4.78 is 11.1. The third-order valence-electron chi connectivity index (χ3n) is 4.77. The highest BCUT2D eigenvalue weighted by atomic mass is 16.5. The monoisotopic (exact) mass is 368 g/mol. The van der Waals surface area contributed by atoms with Crippen molar-refractivity contribution in [3.63, 3.8) is 0 Å². The van der Waals surface area contributed by atoms with Crippen LogP contribution in [0, 0.1) is 0 Å². The van der Waals surface area contributed by atoms with Crippen molar-refractivity contribution in [1.82, 2.24) is 4.98 Å². The number of nitrogens with two attached hydrogens (primary N) is 1. The number of hydrogen-bond acceptors (Lipinski definition) is 4. The molecule has 2 atom stereocenters. The van der Waals surface area contributed by atoms with E-state index in [4.69, 9.17) is 15.2 Å². The van der Waals surface area contributed by atoms with Gasteiger partial charge in [-0.25, -0.2) is 9.98 Å². The van der Waals surface area contributed by atoms with E-state index in [1.165, 1.54) is 5.56 Å². The summed E-state index contributed by atoms with van der Waals surface area (Å²) in [5.41, 5.74) is 9.28. The number of rotatable bonds is 7. The molecule has 0 bridgehead atoms. The Bertz CT molecular complexity index is 755. The lowest BCUT2D eigenvalue weighted by Gasteiger charge is -2.12. The van der Waals surface area contributed by atoms with Gasteiger partial charge in [0.25, 0.3) is 0 Å². The second-order valence-electron chi connectivity index (χ2n) is 6.86. The molecule has 2 heterocycles. The molecule has 1 aliphatic rings. The van der Waals surface area contributed by atoms with Gasteiger partial charge < -0.3 is 20.5 Å². The van der Waals surface area contributed by atoms with Crippen LogP contribution in [0.2, 0.25) is 0 Å². The standard InChI is InChI=1S/C21H28N4O2/c1-3-15(2)17-4-6-18(7-5-17)25-21(22)24-13-16-8-10-23-20(12-16)27-19-9-11-26-14-19/h4-8,10,12,15,19H,3,9,11,13-14H2,1-2H3,(H3,22,24,25). The number of hydrogen-bond donors (Lipinski definition) is 2. The third-order valence-corrected chi connectivity index (χ3v) is 4.77. The van der Waals surface area contributed by atoms with Crippen LogP contribution in [-0.2, 0) is 11.3 Å². The van der Waals surface area contributed by atoms with Crippen LogP contribution in [-0.4, -0.2) is 30.3 Å². The van der Waals surface area contributed by atoms with Gasteiger partial charge in [-0.3, -0.25) is 0 Å². The zero-order valence-electron chi connectivity index (χ0n) is 16.0. The van der Waals surface area contributed by atoms with E-state index in [0.29, 0.717) is 30.9 Å². The Morgan fingerprint density at radius 1 is 1.37 bits per heavy atom. The average molecular weight is 368 g/mol. The van der Waals surface area contributed by atoms with Crippen molar-refractivity contribution in [2.24, 2.45) is 10.7 Å². The molecule has 0 amide bonds. The minimum Gasteiger partial charge on any atom is -0.472 e. The molecular formula is C21H28N4O2. The van der Waals surface area contributed by atoms with Gasteiger partial charge in [0, 0.05) is 24.4 Å². The normalized spacial score (nSPS) is 18.3. The molecule has 3 rings (SSSR count). The van der Waals surface area contributed by atoms with Gasteiger partial charge in [-0.2, -0.15) is 0 Å². The first kappa shape index (κ1) is 19.2. The molecule has 1 saturated heterocycles. The minimum atomic E-state index is 0.0846. The van der Waals surface area contributed by atoms with Gasteiger partial charge in [-0.1, -0.05) is 26.0 Å². The molecule has 0 spiro atoms. The van der Waals surface area contributed by atoms with Crippen molar-refractivity contribution < 1.29 is 9.47 Å². The maximum absolute atomic E-state index is 6.02. The smallest absolute Gasteiger partial charge is 0.213 e. The van der Waals surface area contributed by atoms with Gasteiger partial charge >= 0.3 is 0 Å². The molecule has 0 saturated carbocycles. The fourth-order valence-electron chi connectivity index (χ4n) is 2.88. The molecule has 1 aliphatic heterocycles. The Balaban J connectivity index is 1.55. The van der Waals surface area contributed by atoms with E-state index in [0.717, 1.165) is 30.7 Å². The van der Waals surface area contributed by atoms with Gasteiger partial charge in [0.05, 0.1) is 19.8 Å². The van der Waals surface area contributed by atoms with E-state index in [1.807, 2.05) is 24.3 Å². The Morgan fingerprint density at radius 2 is 2.19 bits per heavy atom. The maximum atomic E-state index is 6.02. The van der Waals surface area contributed by atoms with Crippen LogP contribution in [0.15, 0.2) is 47.6 Å². The van der Waals surface area contributed by atoms with Crippen molar-refractivity contribution in [2.75, 3.05) is 18.5 Å². The number of nitrogens with zero attached hydrogens (tertiary/aromatic N) is 2. The van der Waals surface area contributed by atoms with Crippen molar-refractivity contribution in [1.29, 1.82) is 0 Å². The Labute approximate surface area is 160 Å². The number of ether oxygens (including phenoxy) is 2. The van der Waals surface area contributed by atoms with E-state index in [2.05, 4.69) is 41.3 Å². The largest absolute Gasteiger partial charge is 0.472 e. The van der Waals surface area contributed by atoms with E-state index in [9.17, 15) is 0 Å². The number of nitrogens with one attached hydrogen (secondary N) is 1. The Kier molecular flexibility index (Phi) is 6.65. The van der Waals surface area contributed by atoms with Crippen LogP contribution in [0.3, 0.4) is 0 Å². The maximum Gasteiger partial charge on any atom is 0.213 e. The first-order valence-corrected chi connectivity index (χ1v) is 9.50. The SMILES string of the molecule is CCC(C)c1ccc(NC(N)=NCc2ccnc(OC3CCOC3)c2)cc1. The molecule has 144 valence electrons. The predicted molar refractivity (Wildman–Crippen MR) is 108 cm³/mol. The zero-order chi connectivity index (χ0) is 19.1. The third kappa shape index (κ3) is 5.69. The summed E-state index contributed by atoms with van der Waals surface area (Å²) in [5, 5.41) is 3.13. The summed E-state index contributed by atoms with van der Waals surface area (Å²) >= 11 is 0. The lowest BCUT2D eigenvalue weighted by molar-refractivity contribution is 0.138. The van der Waals surface area contributed by atoms with Gasteiger partial charge in [0.1, 0.15) is 6.10 Å². The van der Waals surface area contributed by atoms with Crippen molar-refractivity contribution >= 4 is 11.6 Å². The number of aliphatic imine (C=N–C) groups is 1. The Morgan fingerprint density at radius 3 is 2.89 bits per heavy atom. The molecule has 3 N–H and O–H groups in total. The van der Waals surface area contributed by atoms with Crippen LogP contribution in [0.25, 0.3) is 0 Å². The van der Waals surface area contributed by atoms with E-state index < -0.39 is 0 Å². The van der Waals surface area contributed by atoms with E-state index in [-0.39, 0.29) is 6.10 Å². The van der Waals surface area contributed by atoms with Crippen molar-refractivity contribution in [3.05, 3.63) is 53.7 Å². The van der Waals surface area contributed by atoms with Gasteiger partial charge in [0.2, 0.25) is 5.88 Å². The molecule has 27 heavy (non-hydrogen) atoms. The first-order valence-electron chi connectivity index (χ1n) is 9.50. The van der Waals surface area contributed by atoms with Crippen LogP contribution in [0.4, 0.5) is 5.69 Å². The summed E-state index contributed by atoms with van der Waals surface area (Å²) in [7, 11) is 0. The quantitative estimate of drug-likeness (QED) is 0.575. The van der Waals surface area contributed by atoms with E-state index >= 15 is 0 Å². The molecule has 6 heteroatoms. The van der Waals surface area contributed by atoms with Gasteiger partial charge in [-0.15, -0.1) is 0 Å². The second-order valence-corrected chi connectivity index (χ2v) is 6.86. The molecule has 2 aromatic rings. The zero-order valence-corrected chi connectivity index (χ0v) is 16.0. The number of benzene rings is 1. The summed E-state index contributed by atoms with van der Waals surface area (Å²) in [4.78, 5) is 8.67. The van der Waals surface area contributed by atoms with Gasteiger partial charge in [0.15, 0.2) is 5.96 Å². The number of pyridine rings is 1. The van der Waals surface area contributed by atoms with Crippen LogP contribution < -0.4 is 15.8 Å². The van der Waals surface area contributed by atoms with Crippen LogP contribution >= 0.6 is 0 Å². The van der Waals surface area contributed by atoms with Crippen molar-refractivity contribution in [2.45, 2.75) is 45.3 Å². The molecule has 1 fully saturated rings. The highest BCUT2D eigenvalue weighted by molar-refractivity contribution is 5.92. The summed E-state index contributed by atoms with van der Waals surface area (Å²) in [6.07, 6.45) is 3.84. The highest BCUT2D eigenvalue weighted by Gasteiger charge is 2.17. The number of guanidine groups is 1. The highest BCUT2D eigenvalue weighted by Crippen LogP contribution is 2.20. The Hall–Kier alpha value is -2.60. The first-order chi connectivity index (χ1) is 13.1. The molecular weight excluding hydrogens is 340 g/mol. The average Bonchev–Trinajstić information content (AvgIpc) is 3.20. The van der Waals surface area contributed by atoms with E-state index in [1.54, 1.807) is 6.20 Å².